The number of nitrogens with one attached hydrogen (secondary N) is 2. The van der Waals surface area contributed by atoms with Crippen molar-refractivity contribution in [1.82, 2.24) is 10.6 Å². The van der Waals surface area contributed by atoms with E-state index in [2.05, 4.69) is 10.6 Å². The number of rotatable bonds is 7. The molecule has 0 heterocycles. The van der Waals surface area contributed by atoms with Crippen molar-refractivity contribution in [2.45, 2.75) is 38.6 Å². The average molecular weight is 258 g/mol. The summed E-state index contributed by atoms with van der Waals surface area (Å²) in [6.45, 7) is 2.54. The lowest BCUT2D eigenvalue weighted by atomic mass is 10.1. The fourth-order valence-corrected chi connectivity index (χ4v) is 1.42. The summed E-state index contributed by atoms with van der Waals surface area (Å²) in [5.41, 5.74) is 0.136. The van der Waals surface area contributed by atoms with Crippen LogP contribution in [-0.2, 0) is 9.59 Å². The van der Waals surface area contributed by atoms with Gasteiger partial charge in [-0.15, -0.1) is 0 Å². The third kappa shape index (κ3) is 5.03. The third-order valence-electron chi connectivity index (χ3n) is 3.03. The van der Waals surface area contributed by atoms with Gasteiger partial charge in [0.25, 0.3) is 0 Å². The van der Waals surface area contributed by atoms with Crippen molar-refractivity contribution in [2.24, 2.45) is 5.41 Å². The Morgan fingerprint density at radius 3 is 2.33 bits per heavy atom. The zero-order valence-corrected chi connectivity index (χ0v) is 10.2. The molecule has 0 aromatic rings. The van der Waals surface area contributed by atoms with Gasteiger partial charge in [0.2, 0.25) is 0 Å². The second-order valence-electron chi connectivity index (χ2n) is 4.96. The third-order valence-corrected chi connectivity index (χ3v) is 3.03. The van der Waals surface area contributed by atoms with Crippen LogP contribution in [0.3, 0.4) is 0 Å². The molecule has 0 aromatic heterocycles. The van der Waals surface area contributed by atoms with Crippen LogP contribution < -0.4 is 10.6 Å². The maximum atomic E-state index is 11.4. The summed E-state index contributed by atoms with van der Waals surface area (Å²) in [7, 11) is 0. The zero-order chi connectivity index (χ0) is 13.8. The molecule has 7 heteroatoms. The molecule has 0 aliphatic heterocycles. The van der Waals surface area contributed by atoms with E-state index in [1.807, 2.05) is 6.92 Å². The van der Waals surface area contributed by atoms with Crippen molar-refractivity contribution in [3.63, 3.8) is 0 Å². The highest BCUT2D eigenvalue weighted by molar-refractivity contribution is 5.83. The Bertz CT molecular complexity index is 351. The second-order valence-corrected chi connectivity index (χ2v) is 4.96. The number of carboxylic acids is 2. The Hall–Kier alpha value is -1.79. The topological polar surface area (TPSA) is 116 Å². The Kier molecular flexibility index (Phi) is 4.52. The van der Waals surface area contributed by atoms with Crippen LogP contribution in [-0.4, -0.2) is 40.8 Å². The molecule has 0 bridgehead atoms. The van der Waals surface area contributed by atoms with Gasteiger partial charge in [-0.05, 0) is 24.7 Å². The summed E-state index contributed by atoms with van der Waals surface area (Å²) in [5.74, 6) is -2.32. The van der Waals surface area contributed by atoms with Gasteiger partial charge in [-0.1, -0.05) is 6.92 Å². The van der Waals surface area contributed by atoms with Crippen LogP contribution in [0.15, 0.2) is 0 Å². The minimum atomic E-state index is -1.23. The van der Waals surface area contributed by atoms with E-state index in [-0.39, 0.29) is 18.3 Å². The molecular weight excluding hydrogens is 240 g/mol. The van der Waals surface area contributed by atoms with Gasteiger partial charge in [-0.2, -0.15) is 0 Å². The molecule has 2 amide bonds. The Morgan fingerprint density at radius 2 is 1.89 bits per heavy atom. The van der Waals surface area contributed by atoms with Crippen LogP contribution in [0.4, 0.5) is 4.79 Å². The van der Waals surface area contributed by atoms with Gasteiger partial charge in [0, 0.05) is 13.0 Å². The fraction of sp³-hybridized carbons (Fsp3) is 0.727. The number of hydrogen-bond acceptors (Lipinski definition) is 3. The first kappa shape index (κ1) is 14.3. The Morgan fingerprint density at radius 1 is 1.28 bits per heavy atom. The highest BCUT2D eigenvalue weighted by atomic mass is 16.4. The molecule has 18 heavy (non-hydrogen) atoms. The van der Waals surface area contributed by atoms with E-state index in [0.29, 0.717) is 6.54 Å². The van der Waals surface area contributed by atoms with Crippen molar-refractivity contribution < 1.29 is 24.6 Å². The molecule has 1 saturated carbocycles. The van der Waals surface area contributed by atoms with Crippen molar-refractivity contribution in [2.75, 3.05) is 6.54 Å². The Labute approximate surface area is 105 Å². The molecule has 0 radical (unpaired) electrons. The molecule has 1 atom stereocenters. The summed E-state index contributed by atoms with van der Waals surface area (Å²) in [6, 6.07) is -1.74. The lowest BCUT2D eigenvalue weighted by Crippen LogP contribution is -2.47. The molecule has 0 saturated heterocycles. The minimum absolute atomic E-state index is 0.130. The normalized spacial score (nSPS) is 17.6. The highest BCUT2D eigenvalue weighted by Gasteiger charge is 2.37. The summed E-state index contributed by atoms with van der Waals surface area (Å²) < 4.78 is 0. The number of carbonyl (C=O) groups is 3. The van der Waals surface area contributed by atoms with Crippen molar-refractivity contribution >= 4 is 18.0 Å². The highest BCUT2D eigenvalue weighted by Crippen LogP contribution is 2.43. The van der Waals surface area contributed by atoms with E-state index in [4.69, 9.17) is 10.2 Å². The quantitative estimate of drug-likeness (QED) is 0.527. The van der Waals surface area contributed by atoms with Crippen LogP contribution in [0.2, 0.25) is 0 Å². The summed E-state index contributed by atoms with van der Waals surface area (Å²) >= 11 is 0. The first-order valence-corrected chi connectivity index (χ1v) is 5.81. The maximum Gasteiger partial charge on any atom is 0.326 e. The van der Waals surface area contributed by atoms with E-state index in [1.165, 1.54) is 0 Å². The van der Waals surface area contributed by atoms with Gasteiger partial charge in [0.1, 0.15) is 6.04 Å². The number of carbonyl (C=O) groups excluding carboxylic acids is 1. The standard InChI is InChI=1S/C11H18N2O5/c1-11(4-5-11)6-12-10(18)13-7(9(16)17)2-3-8(14)15/h7H,2-6H2,1H3,(H,14,15)(H,16,17)(H2,12,13,18). The molecule has 0 spiro atoms. The number of urea groups is 1. The lowest BCUT2D eigenvalue weighted by molar-refractivity contribution is -0.140. The molecule has 1 aliphatic rings. The number of aliphatic carboxylic acids is 2. The van der Waals surface area contributed by atoms with Gasteiger partial charge in [0.15, 0.2) is 0 Å². The van der Waals surface area contributed by atoms with Gasteiger partial charge in [-0.3, -0.25) is 4.79 Å². The van der Waals surface area contributed by atoms with Gasteiger partial charge in [-0.25, -0.2) is 9.59 Å². The van der Waals surface area contributed by atoms with Crippen LogP contribution in [0, 0.1) is 5.41 Å². The SMILES string of the molecule is CC1(CNC(=O)NC(CCC(=O)O)C(=O)O)CC1. The molecule has 1 fully saturated rings. The molecule has 0 aromatic carbocycles. The first-order valence-electron chi connectivity index (χ1n) is 5.81. The minimum Gasteiger partial charge on any atom is -0.481 e. The molecule has 1 unspecified atom stereocenters. The van der Waals surface area contributed by atoms with Crippen molar-refractivity contribution in [1.29, 1.82) is 0 Å². The smallest absolute Gasteiger partial charge is 0.326 e. The van der Waals surface area contributed by atoms with Crippen molar-refractivity contribution in [3.05, 3.63) is 0 Å². The molecular formula is C11H18N2O5. The summed E-state index contributed by atoms with van der Waals surface area (Å²) in [5, 5.41) is 22.2. The number of amides is 2. The predicted octanol–water partition coefficient (Wildman–Crippen LogP) is 0.404. The predicted molar refractivity (Wildman–Crippen MR) is 62.2 cm³/mol. The van der Waals surface area contributed by atoms with Gasteiger partial charge in [0.05, 0.1) is 0 Å². The Balaban J connectivity index is 2.32. The van der Waals surface area contributed by atoms with E-state index in [1.54, 1.807) is 0 Å². The van der Waals surface area contributed by atoms with E-state index >= 15 is 0 Å². The molecule has 7 nitrogen and oxygen atoms in total. The number of hydrogen-bond donors (Lipinski definition) is 4. The van der Waals surface area contributed by atoms with Crippen LogP contribution in [0.1, 0.15) is 32.6 Å². The van der Waals surface area contributed by atoms with Crippen LogP contribution in [0.5, 0.6) is 0 Å². The molecule has 102 valence electrons. The number of carboxylic acid groups (broad SMARTS) is 2. The monoisotopic (exact) mass is 258 g/mol. The lowest BCUT2D eigenvalue weighted by Gasteiger charge is -2.15. The van der Waals surface area contributed by atoms with Crippen LogP contribution in [0.25, 0.3) is 0 Å². The summed E-state index contributed by atoms with van der Waals surface area (Å²) in [6.07, 6.45) is 1.67. The maximum absolute atomic E-state index is 11.4. The second kappa shape index (κ2) is 5.70. The van der Waals surface area contributed by atoms with E-state index < -0.39 is 24.0 Å². The molecule has 1 rings (SSSR count). The summed E-state index contributed by atoms with van der Waals surface area (Å²) in [4.78, 5) is 32.6. The van der Waals surface area contributed by atoms with Gasteiger partial charge < -0.3 is 20.8 Å². The van der Waals surface area contributed by atoms with E-state index in [0.717, 1.165) is 12.8 Å². The fourth-order valence-electron chi connectivity index (χ4n) is 1.42. The average Bonchev–Trinajstić information content (AvgIpc) is 3.00. The van der Waals surface area contributed by atoms with Crippen molar-refractivity contribution in [3.8, 4) is 0 Å². The largest absolute Gasteiger partial charge is 0.481 e. The van der Waals surface area contributed by atoms with Crippen LogP contribution >= 0.6 is 0 Å². The molecule has 4 N–H and O–H groups in total. The molecule has 1 aliphatic carbocycles. The van der Waals surface area contributed by atoms with E-state index in [9.17, 15) is 14.4 Å². The van der Waals surface area contributed by atoms with Gasteiger partial charge >= 0.3 is 18.0 Å². The zero-order valence-electron chi connectivity index (χ0n) is 10.2. The first-order chi connectivity index (χ1) is 8.32.